The molecule has 6 aromatic rings. The van der Waals surface area contributed by atoms with Gasteiger partial charge in [0.05, 0.1) is 39.1 Å². The summed E-state index contributed by atoms with van der Waals surface area (Å²) in [4.78, 5) is 61.6. The molecule has 6 heterocycles. The summed E-state index contributed by atoms with van der Waals surface area (Å²) in [5.74, 6) is -0.747. The molecule has 1 N–H and O–H groups in total. The summed E-state index contributed by atoms with van der Waals surface area (Å²) in [5.41, 5.74) is 1.09. The monoisotopic (exact) mass is 928 g/mol. The Morgan fingerprint density at radius 2 is 1.72 bits per heavy atom. The SMILES string of the molecule is CCc1c(N2CCN(C(=O)c3ncnc(C)c3OCc3ccccc3)CC2)c(=O)n2nc(-c3cc4c(s3)CCN(CC(F)(F)F)C4)nc2n1CC(=O)Nc1ccc(C(F)(F)F)cc1Cl. The van der Waals surface area contributed by atoms with Gasteiger partial charge in [-0.1, -0.05) is 48.9 Å². The molecule has 22 heteroatoms. The van der Waals surface area contributed by atoms with E-state index in [4.69, 9.17) is 21.3 Å². The first kappa shape index (κ1) is 44.5. The van der Waals surface area contributed by atoms with Gasteiger partial charge in [-0.25, -0.2) is 9.97 Å². The first-order chi connectivity index (χ1) is 30.5. The highest BCUT2D eigenvalue weighted by molar-refractivity contribution is 7.15. The Bertz CT molecular complexity index is 2790. The number of aromatic nitrogens is 6. The van der Waals surface area contributed by atoms with Crippen LogP contribution in [0.25, 0.3) is 16.5 Å². The van der Waals surface area contributed by atoms with Gasteiger partial charge in [-0.15, -0.1) is 16.4 Å². The number of nitrogens with zero attached hydrogens (tertiary/aromatic N) is 9. The van der Waals surface area contributed by atoms with Gasteiger partial charge in [0, 0.05) is 44.1 Å². The van der Waals surface area contributed by atoms with Gasteiger partial charge in [-0.2, -0.15) is 35.8 Å². The summed E-state index contributed by atoms with van der Waals surface area (Å²) >= 11 is 7.48. The number of hydrogen-bond acceptors (Lipinski definition) is 11. The Hall–Kier alpha value is -6.06. The minimum Gasteiger partial charge on any atom is -0.485 e. The third-order valence-electron chi connectivity index (χ3n) is 10.9. The number of piperazine rings is 1. The van der Waals surface area contributed by atoms with E-state index in [0.717, 1.165) is 27.1 Å². The molecule has 64 heavy (non-hydrogen) atoms. The van der Waals surface area contributed by atoms with Crippen LogP contribution >= 0.6 is 22.9 Å². The number of alkyl halides is 6. The first-order valence-electron chi connectivity index (χ1n) is 20.1. The number of ether oxygens (including phenoxy) is 1. The van der Waals surface area contributed by atoms with Crippen molar-refractivity contribution in [2.24, 2.45) is 0 Å². The Morgan fingerprint density at radius 3 is 2.41 bits per heavy atom. The van der Waals surface area contributed by atoms with Crippen molar-refractivity contribution in [2.45, 2.75) is 58.7 Å². The van der Waals surface area contributed by atoms with E-state index in [1.807, 2.05) is 30.3 Å². The highest BCUT2D eigenvalue weighted by Crippen LogP contribution is 2.36. The van der Waals surface area contributed by atoms with Crippen LogP contribution < -0.4 is 20.5 Å². The fourth-order valence-corrected chi connectivity index (χ4v) is 9.17. The van der Waals surface area contributed by atoms with Crippen molar-refractivity contribution < 1.29 is 40.7 Å². The van der Waals surface area contributed by atoms with Gasteiger partial charge < -0.3 is 24.4 Å². The second-order valence-corrected chi connectivity index (χ2v) is 16.8. The van der Waals surface area contributed by atoms with E-state index >= 15 is 0 Å². The van der Waals surface area contributed by atoms with Crippen LogP contribution in [0, 0.1) is 6.92 Å². The molecule has 1 fully saturated rings. The van der Waals surface area contributed by atoms with Crippen LogP contribution in [0.15, 0.2) is 65.7 Å². The largest absolute Gasteiger partial charge is 0.485 e. The first-order valence-corrected chi connectivity index (χ1v) is 21.3. The molecule has 8 rings (SSSR count). The van der Waals surface area contributed by atoms with Gasteiger partial charge >= 0.3 is 12.4 Å². The minimum absolute atomic E-state index is 0.0182. The number of amides is 2. The van der Waals surface area contributed by atoms with Crippen molar-refractivity contribution in [1.82, 2.24) is 38.9 Å². The molecule has 0 saturated carbocycles. The number of nitrogens with one attached hydrogen (secondary N) is 1. The molecule has 0 unspecified atom stereocenters. The molecule has 2 amide bonds. The van der Waals surface area contributed by atoms with Crippen LogP contribution in [-0.4, -0.2) is 96.2 Å². The van der Waals surface area contributed by atoms with E-state index in [-0.39, 0.29) is 91.7 Å². The van der Waals surface area contributed by atoms with Gasteiger partial charge in [0.1, 0.15) is 25.2 Å². The van der Waals surface area contributed by atoms with Crippen molar-refractivity contribution in [1.29, 1.82) is 0 Å². The van der Waals surface area contributed by atoms with E-state index in [0.29, 0.717) is 34.3 Å². The average molecular weight is 929 g/mol. The third kappa shape index (κ3) is 9.41. The van der Waals surface area contributed by atoms with Crippen molar-refractivity contribution in [2.75, 3.05) is 49.5 Å². The topological polar surface area (TPSA) is 143 Å². The molecule has 2 aliphatic heterocycles. The van der Waals surface area contributed by atoms with Gasteiger partial charge in [0.25, 0.3) is 11.5 Å². The molecule has 0 aliphatic carbocycles. The lowest BCUT2D eigenvalue weighted by Crippen LogP contribution is -2.51. The lowest BCUT2D eigenvalue weighted by molar-refractivity contribution is -0.147. The quantitative estimate of drug-likeness (QED) is 0.134. The maximum absolute atomic E-state index is 14.6. The predicted octanol–water partition coefficient (Wildman–Crippen LogP) is 7.05. The average Bonchev–Trinajstić information content (AvgIpc) is 3.89. The van der Waals surface area contributed by atoms with Crippen LogP contribution in [0.4, 0.5) is 37.7 Å². The Morgan fingerprint density at radius 1 is 0.969 bits per heavy atom. The summed E-state index contributed by atoms with van der Waals surface area (Å²) in [5, 5.41) is 6.80. The Kier molecular flexibility index (Phi) is 12.4. The van der Waals surface area contributed by atoms with Gasteiger partial charge in [0.15, 0.2) is 17.3 Å². The standard InChI is InChI=1S/C42H39ClF6N10O4S/c1-3-30-35(56-13-15-57(16-14-56)38(61)34-36(24(2)50-23-51-34)63-21-25-7-5-4-6-8-25)39(62)59-40(58(30)20-33(60)52-29-10-9-27(18-28(29)43)42(47,48)49)53-37(54-59)32-17-26-19-55(22-41(44,45)46)12-11-31(26)64-32/h4-10,17-18,23H,3,11-16,19-22H2,1-2H3,(H,52,60). The zero-order valence-corrected chi connectivity index (χ0v) is 35.8. The minimum atomic E-state index is -4.66. The summed E-state index contributed by atoms with van der Waals surface area (Å²) < 4.78 is 88.4. The van der Waals surface area contributed by atoms with E-state index < -0.39 is 48.4 Å². The summed E-state index contributed by atoms with van der Waals surface area (Å²) in [6.07, 6.45) is -7.15. The molecule has 0 bridgehead atoms. The normalized spacial score (nSPS) is 14.8. The summed E-state index contributed by atoms with van der Waals surface area (Å²) in [6, 6.07) is 13.7. The van der Waals surface area contributed by atoms with Crippen molar-refractivity contribution in [3.05, 3.63) is 115 Å². The molecular formula is C42H39ClF6N10O4S. The van der Waals surface area contributed by atoms with Crippen LogP contribution in [0.1, 0.15) is 50.4 Å². The highest BCUT2D eigenvalue weighted by atomic mass is 35.5. The van der Waals surface area contributed by atoms with E-state index in [1.54, 1.807) is 29.7 Å². The van der Waals surface area contributed by atoms with Crippen molar-refractivity contribution in [3.8, 4) is 16.5 Å². The number of anilines is 2. The van der Waals surface area contributed by atoms with E-state index in [2.05, 4.69) is 20.4 Å². The van der Waals surface area contributed by atoms with Crippen molar-refractivity contribution >= 4 is 51.9 Å². The van der Waals surface area contributed by atoms with Gasteiger partial charge in [-0.05, 0) is 55.2 Å². The van der Waals surface area contributed by atoms with Crippen LogP contribution in [0.3, 0.4) is 0 Å². The molecule has 4 aromatic heterocycles. The number of fused-ring (bicyclic) bond motifs is 2. The zero-order valence-electron chi connectivity index (χ0n) is 34.3. The van der Waals surface area contributed by atoms with E-state index in [1.165, 1.54) is 27.1 Å². The number of halogens is 7. The maximum atomic E-state index is 14.6. The lowest BCUT2D eigenvalue weighted by atomic mass is 10.1. The predicted molar refractivity (Wildman–Crippen MR) is 226 cm³/mol. The number of rotatable bonds is 11. The highest BCUT2D eigenvalue weighted by Gasteiger charge is 2.35. The van der Waals surface area contributed by atoms with Crippen molar-refractivity contribution in [3.63, 3.8) is 0 Å². The number of thiophene rings is 1. The zero-order chi connectivity index (χ0) is 45.5. The number of carbonyl (C=O) groups is 2. The van der Waals surface area contributed by atoms with Gasteiger partial charge in [0.2, 0.25) is 11.7 Å². The van der Waals surface area contributed by atoms with Crippen LogP contribution in [-0.2, 0) is 43.5 Å². The molecule has 2 aliphatic rings. The Labute approximate surface area is 370 Å². The molecule has 0 radical (unpaired) electrons. The maximum Gasteiger partial charge on any atom is 0.416 e. The second-order valence-electron chi connectivity index (χ2n) is 15.3. The van der Waals surface area contributed by atoms with Crippen LogP contribution in [0.2, 0.25) is 5.02 Å². The molecule has 0 atom stereocenters. The third-order valence-corrected chi connectivity index (χ3v) is 12.4. The number of hydrogen-bond donors (Lipinski definition) is 1. The molecule has 336 valence electrons. The van der Waals surface area contributed by atoms with Crippen LogP contribution in [0.5, 0.6) is 5.75 Å². The Balaban J connectivity index is 1.11. The molecular weight excluding hydrogens is 890 g/mol. The summed E-state index contributed by atoms with van der Waals surface area (Å²) in [7, 11) is 0. The lowest BCUT2D eigenvalue weighted by Gasteiger charge is -2.36. The second kappa shape index (κ2) is 17.8. The number of aryl methyl sites for hydroxylation is 1. The summed E-state index contributed by atoms with van der Waals surface area (Å²) in [6.45, 7) is 3.14. The molecule has 1 saturated heterocycles. The van der Waals surface area contributed by atoms with Gasteiger partial charge in [-0.3, -0.25) is 19.3 Å². The smallest absolute Gasteiger partial charge is 0.416 e. The number of carbonyl (C=O) groups excluding carboxylic acids is 2. The number of benzene rings is 2. The molecule has 14 nitrogen and oxygen atoms in total. The fraction of sp³-hybridized carbons (Fsp3) is 0.357. The molecule has 2 aromatic carbocycles. The fourth-order valence-electron chi connectivity index (χ4n) is 7.85. The molecule has 0 spiro atoms. The van der Waals surface area contributed by atoms with E-state index in [9.17, 15) is 40.7 Å².